The fraction of sp³-hybridized carbons (Fsp3) is 0.250. The van der Waals surface area contributed by atoms with Crippen LogP contribution in [-0.4, -0.2) is 6.61 Å². The third kappa shape index (κ3) is 4.53. The summed E-state index contributed by atoms with van der Waals surface area (Å²) in [4.78, 5) is 0. The second-order valence-corrected chi connectivity index (χ2v) is 2.82. The molecule has 0 radical (unpaired) electrons. The number of hydrogen-bond acceptors (Lipinski definition) is 1. The van der Waals surface area contributed by atoms with Crippen molar-refractivity contribution in [2.45, 2.75) is 13.3 Å². The van der Waals surface area contributed by atoms with E-state index in [2.05, 4.69) is 13.8 Å². The minimum atomic E-state index is 0. The fourth-order valence-electron chi connectivity index (χ4n) is 1.03. The molecule has 0 unspecified atom stereocenters. The van der Waals surface area contributed by atoms with Gasteiger partial charge in [0.15, 0.2) is 0 Å². The van der Waals surface area contributed by atoms with Gasteiger partial charge in [-0.25, -0.2) is 19.1 Å². The Morgan fingerprint density at radius 2 is 1.93 bits per heavy atom. The molecule has 1 rings (SSSR count). The molecule has 76 valence electrons. The number of benzene rings is 1. The molecule has 0 N–H and O–H groups in total. The van der Waals surface area contributed by atoms with Crippen LogP contribution in [0.2, 0.25) is 0 Å². The van der Waals surface area contributed by atoms with E-state index in [9.17, 15) is 0 Å². The van der Waals surface area contributed by atoms with Crippen LogP contribution in [0.4, 0.5) is 0 Å². The van der Waals surface area contributed by atoms with E-state index in [0.717, 1.165) is 24.3 Å². The Labute approximate surface area is 100 Å². The number of rotatable bonds is 4. The molecule has 0 bridgehead atoms. The zero-order valence-electron chi connectivity index (χ0n) is 8.40. The molecule has 0 amide bonds. The van der Waals surface area contributed by atoms with Crippen molar-refractivity contribution in [2.75, 3.05) is 6.61 Å². The Morgan fingerprint density at radius 3 is 2.43 bits per heavy atom. The first-order chi connectivity index (χ1) is 6.36. The summed E-state index contributed by atoms with van der Waals surface area (Å²) in [6.07, 6.45) is 4.78. The third-order valence-corrected chi connectivity index (χ3v) is 1.66. The van der Waals surface area contributed by atoms with E-state index >= 15 is 0 Å². The predicted octanol–water partition coefficient (Wildman–Crippen LogP) is 3.32. The van der Waals surface area contributed by atoms with Crippen molar-refractivity contribution in [3.8, 4) is 5.75 Å². The Kier molecular flexibility index (Phi) is 7.32. The summed E-state index contributed by atoms with van der Waals surface area (Å²) in [7, 11) is 0. The average molecular weight is 359 g/mol. The summed E-state index contributed by atoms with van der Waals surface area (Å²) in [5, 5.41) is 0. The second-order valence-electron chi connectivity index (χ2n) is 2.82. The molecule has 1 nitrogen and oxygen atoms in total. The summed E-state index contributed by atoms with van der Waals surface area (Å²) in [5.41, 5.74) is 1.15. The van der Waals surface area contributed by atoms with Crippen LogP contribution in [0.3, 0.4) is 0 Å². The summed E-state index contributed by atoms with van der Waals surface area (Å²) < 4.78 is 5.45. The maximum absolute atomic E-state index is 5.45. The molecule has 0 aromatic heterocycles. The molecule has 0 fully saturated rings. The maximum atomic E-state index is 5.45. The molecule has 0 heterocycles. The summed E-state index contributed by atoms with van der Waals surface area (Å²) in [6.45, 7) is 6.52. The van der Waals surface area contributed by atoms with Crippen LogP contribution in [0.5, 0.6) is 5.75 Å². The second kappa shape index (κ2) is 7.70. The smallest absolute Gasteiger partial charge is 0.119 e. The molecular formula is C12H15OW-. The van der Waals surface area contributed by atoms with Crippen molar-refractivity contribution in [1.82, 2.24) is 0 Å². The van der Waals surface area contributed by atoms with Crippen molar-refractivity contribution < 1.29 is 25.8 Å². The van der Waals surface area contributed by atoms with Crippen LogP contribution < -0.4 is 4.74 Å². The minimum Gasteiger partial charge on any atom is -0.494 e. The molecule has 0 spiro atoms. The molecular weight excluding hydrogens is 344 g/mol. The van der Waals surface area contributed by atoms with E-state index in [1.165, 1.54) is 0 Å². The SMILES string of the molecule is [CH2-]/C=C/c1ccc(OCCC)cc1.[W]. The van der Waals surface area contributed by atoms with Crippen molar-refractivity contribution in [1.29, 1.82) is 0 Å². The molecule has 0 aliphatic heterocycles. The number of ether oxygens (including phenoxy) is 1. The maximum Gasteiger partial charge on any atom is 0.119 e. The van der Waals surface area contributed by atoms with Gasteiger partial charge in [-0.2, -0.15) is 0 Å². The number of allylic oxidation sites excluding steroid dienone is 1. The molecule has 0 aliphatic rings. The first-order valence-electron chi connectivity index (χ1n) is 4.55. The van der Waals surface area contributed by atoms with Crippen molar-refractivity contribution >= 4 is 6.08 Å². The average Bonchev–Trinajstić information content (AvgIpc) is 2.17. The molecule has 0 atom stereocenters. The van der Waals surface area contributed by atoms with Crippen LogP contribution >= 0.6 is 0 Å². The monoisotopic (exact) mass is 359 g/mol. The molecule has 0 saturated heterocycles. The van der Waals surface area contributed by atoms with Gasteiger partial charge in [0, 0.05) is 21.1 Å². The van der Waals surface area contributed by atoms with Gasteiger partial charge in [0.1, 0.15) is 5.75 Å². The molecule has 0 aliphatic carbocycles. The van der Waals surface area contributed by atoms with Crippen LogP contribution in [0, 0.1) is 6.92 Å². The fourth-order valence-corrected chi connectivity index (χ4v) is 1.03. The van der Waals surface area contributed by atoms with Crippen LogP contribution in [0.25, 0.3) is 6.08 Å². The standard InChI is InChI=1S/C12H15O.W/c1-3-5-11-6-8-12(9-7-11)13-10-4-2;/h3,5-9H,1,4,10H2,2H3;/q-1;/b5-3+;. The van der Waals surface area contributed by atoms with Gasteiger partial charge in [-0.15, -0.1) is 5.56 Å². The van der Waals surface area contributed by atoms with Gasteiger partial charge in [-0.1, -0.05) is 19.1 Å². The van der Waals surface area contributed by atoms with Gasteiger partial charge < -0.3 is 4.74 Å². The van der Waals surface area contributed by atoms with E-state index in [-0.39, 0.29) is 21.1 Å². The quantitative estimate of drug-likeness (QED) is 0.750. The van der Waals surface area contributed by atoms with Gasteiger partial charge in [-0.3, -0.25) is 0 Å². The van der Waals surface area contributed by atoms with Crippen LogP contribution in [-0.2, 0) is 21.1 Å². The Balaban J connectivity index is 0.00000169. The first-order valence-corrected chi connectivity index (χ1v) is 4.55. The number of hydrogen-bond donors (Lipinski definition) is 0. The van der Waals surface area contributed by atoms with Gasteiger partial charge in [0.2, 0.25) is 0 Å². The summed E-state index contributed by atoms with van der Waals surface area (Å²) in [6, 6.07) is 8.00. The Morgan fingerprint density at radius 1 is 1.29 bits per heavy atom. The zero-order valence-corrected chi connectivity index (χ0v) is 11.3. The van der Waals surface area contributed by atoms with Crippen molar-refractivity contribution in [3.63, 3.8) is 0 Å². The first kappa shape index (κ1) is 13.3. The van der Waals surface area contributed by atoms with E-state index < -0.39 is 0 Å². The van der Waals surface area contributed by atoms with Gasteiger partial charge in [-0.05, 0) is 18.6 Å². The molecule has 14 heavy (non-hydrogen) atoms. The normalized spacial score (nSPS) is 9.79. The molecule has 1 aromatic rings. The van der Waals surface area contributed by atoms with E-state index in [4.69, 9.17) is 4.74 Å². The predicted molar refractivity (Wildman–Crippen MR) is 56.6 cm³/mol. The zero-order chi connectivity index (χ0) is 9.52. The summed E-state index contributed by atoms with van der Waals surface area (Å²) >= 11 is 0. The topological polar surface area (TPSA) is 9.23 Å². The van der Waals surface area contributed by atoms with E-state index in [0.29, 0.717) is 0 Å². The van der Waals surface area contributed by atoms with Crippen molar-refractivity contribution in [2.24, 2.45) is 0 Å². The molecule has 2 heteroatoms. The Hall–Kier alpha value is -0.682. The van der Waals surface area contributed by atoms with E-state index in [1.54, 1.807) is 6.08 Å². The van der Waals surface area contributed by atoms with Gasteiger partial charge in [0.25, 0.3) is 0 Å². The largest absolute Gasteiger partial charge is 0.494 e. The van der Waals surface area contributed by atoms with Crippen LogP contribution in [0.1, 0.15) is 18.9 Å². The summed E-state index contributed by atoms with van der Waals surface area (Å²) in [5.74, 6) is 0.933. The molecule has 0 saturated carbocycles. The van der Waals surface area contributed by atoms with E-state index in [1.807, 2.05) is 30.3 Å². The minimum absolute atomic E-state index is 0. The van der Waals surface area contributed by atoms with Gasteiger partial charge in [0.05, 0.1) is 6.61 Å². The van der Waals surface area contributed by atoms with Crippen LogP contribution in [0.15, 0.2) is 30.3 Å². The van der Waals surface area contributed by atoms with Gasteiger partial charge >= 0.3 is 0 Å². The molecule has 1 aromatic carbocycles. The third-order valence-electron chi connectivity index (χ3n) is 1.66. The Bertz CT molecular complexity index is 264. The van der Waals surface area contributed by atoms with Crippen molar-refractivity contribution in [3.05, 3.63) is 42.8 Å².